The summed E-state index contributed by atoms with van der Waals surface area (Å²) in [6, 6.07) is 3.80. The average Bonchev–Trinajstić information content (AvgIpc) is 3.10. The van der Waals surface area contributed by atoms with Crippen LogP contribution in [-0.2, 0) is 0 Å². The molecule has 2 N–H and O–H groups in total. The van der Waals surface area contributed by atoms with Gasteiger partial charge in [0.05, 0.1) is 6.20 Å². The highest BCUT2D eigenvalue weighted by molar-refractivity contribution is 5.95. The zero-order chi connectivity index (χ0) is 15.5. The summed E-state index contributed by atoms with van der Waals surface area (Å²) in [5.74, 6) is -0.495. The molecule has 0 aliphatic rings. The molecule has 9 heteroatoms. The van der Waals surface area contributed by atoms with Gasteiger partial charge in [-0.1, -0.05) is 0 Å². The van der Waals surface area contributed by atoms with Crippen LogP contribution in [0.2, 0.25) is 0 Å². The maximum atomic E-state index is 14.1. The minimum Gasteiger partial charge on any atom is -0.306 e. The third-order valence-electron chi connectivity index (χ3n) is 2.81. The second-order valence-electron chi connectivity index (χ2n) is 4.56. The van der Waals surface area contributed by atoms with E-state index in [1.54, 1.807) is 18.5 Å². The van der Waals surface area contributed by atoms with E-state index in [1.807, 2.05) is 6.92 Å². The highest BCUT2D eigenvalue weighted by atomic mass is 19.1. The average molecular weight is 301 g/mol. The molecule has 0 aliphatic heterocycles. The SMILES string of the molecule is Cc1cnn(-c2ccc(NC(=O)Nn3cnnc3)cc2F)c1. The van der Waals surface area contributed by atoms with Gasteiger partial charge in [0.15, 0.2) is 5.82 Å². The highest BCUT2D eigenvalue weighted by Gasteiger charge is 2.09. The molecule has 112 valence electrons. The standard InChI is InChI=1S/C13H12FN7O/c1-9-5-17-21(6-9)12-3-2-10(4-11(12)14)18-13(22)19-20-7-15-16-8-20/h2-8H,1H3,(H2,18,19,22). The molecule has 0 bridgehead atoms. The molecule has 0 fully saturated rings. The van der Waals surface area contributed by atoms with Crippen molar-refractivity contribution in [2.75, 3.05) is 10.7 Å². The van der Waals surface area contributed by atoms with Crippen LogP contribution in [0.1, 0.15) is 5.56 Å². The topological polar surface area (TPSA) is 89.7 Å². The van der Waals surface area contributed by atoms with Crippen LogP contribution in [0.4, 0.5) is 14.9 Å². The first-order valence-corrected chi connectivity index (χ1v) is 6.35. The maximum absolute atomic E-state index is 14.1. The van der Waals surface area contributed by atoms with E-state index in [0.29, 0.717) is 11.4 Å². The number of aryl methyl sites for hydroxylation is 1. The monoisotopic (exact) mass is 301 g/mol. The Morgan fingerprint density at radius 3 is 2.68 bits per heavy atom. The highest BCUT2D eigenvalue weighted by Crippen LogP contribution is 2.18. The molecular formula is C13H12FN7O. The second kappa shape index (κ2) is 5.64. The summed E-state index contributed by atoms with van der Waals surface area (Å²) < 4.78 is 16.8. The number of urea groups is 1. The molecule has 2 heterocycles. The summed E-state index contributed by atoms with van der Waals surface area (Å²) in [6.07, 6.45) is 6.00. The van der Waals surface area contributed by atoms with Crippen molar-refractivity contribution in [1.82, 2.24) is 24.7 Å². The van der Waals surface area contributed by atoms with Crippen molar-refractivity contribution in [1.29, 1.82) is 0 Å². The molecule has 0 saturated carbocycles. The molecule has 3 aromatic rings. The summed E-state index contributed by atoms with van der Waals surface area (Å²) in [5, 5.41) is 13.6. The van der Waals surface area contributed by atoms with Crippen molar-refractivity contribution in [3.63, 3.8) is 0 Å². The lowest BCUT2D eigenvalue weighted by Crippen LogP contribution is -2.26. The first kappa shape index (κ1) is 13.7. The minimum absolute atomic E-state index is 0.304. The lowest BCUT2D eigenvalue weighted by molar-refractivity contribution is 0.259. The van der Waals surface area contributed by atoms with E-state index >= 15 is 0 Å². The van der Waals surface area contributed by atoms with E-state index in [1.165, 1.54) is 34.1 Å². The molecular weight excluding hydrogens is 289 g/mol. The van der Waals surface area contributed by atoms with E-state index in [4.69, 9.17) is 0 Å². The molecule has 2 amide bonds. The summed E-state index contributed by atoms with van der Waals surface area (Å²) in [4.78, 5) is 11.7. The van der Waals surface area contributed by atoms with Crippen molar-refractivity contribution in [2.45, 2.75) is 6.92 Å². The number of rotatable bonds is 3. The van der Waals surface area contributed by atoms with E-state index in [2.05, 4.69) is 26.0 Å². The number of aromatic nitrogens is 5. The Balaban J connectivity index is 1.73. The van der Waals surface area contributed by atoms with Crippen molar-refractivity contribution in [3.8, 4) is 5.69 Å². The van der Waals surface area contributed by atoms with Gasteiger partial charge in [-0.15, -0.1) is 10.2 Å². The number of hydrogen-bond acceptors (Lipinski definition) is 4. The summed E-state index contributed by atoms with van der Waals surface area (Å²) >= 11 is 0. The first-order chi connectivity index (χ1) is 10.6. The number of amides is 2. The van der Waals surface area contributed by atoms with Crippen molar-refractivity contribution in [2.24, 2.45) is 0 Å². The van der Waals surface area contributed by atoms with Crippen LogP contribution >= 0.6 is 0 Å². The van der Waals surface area contributed by atoms with Crippen LogP contribution in [0.25, 0.3) is 5.69 Å². The molecule has 0 aliphatic carbocycles. The number of hydrogen-bond donors (Lipinski definition) is 2. The summed E-state index contributed by atoms with van der Waals surface area (Å²) in [5.41, 5.74) is 3.99. The number of nitrogens with one attached hydrogen (secondary N) is 2. The number of carbonyl (C=O) groups is 1. The molecule has 8 nitrogen and oxygen atoms in total. The molecule has 0 atom stereocenters. The van der Waals surface area contributed by atoms with Gasteiger partial charge in [0.1, 0.15) is 18.3 Å². The fraction of sp³-hybridized carbons (Fsp3) is 0.0769. The Kier molecular flexibility index (Phi) is 3.52. The van der Waals surface area contributed by atoms with Gasteiger partial charge < -0.3 is 5.32 Å². The van der Waals surface area contributed by atoms with Gasteiger partial charge in [-0.25, -0.2) is 24.0 Å². The molecule has 1 aromatic carbocycles. The molecule has 0 saturated heterocycles. The number of halogens is 1. The van der Waals surface area contributed by atoms with Crippen molar-refractivity contribution in [3.05, 3.63) is 54.6 Å². The Morgan fingerprint density at radius 1 is 1.27 bits per heavy atom. The van der Waals surface area contributed by atoms with Crippen LogP contribution in [-0.4, -0.2) is 30.7 Å². The van der Waals surface area contributed by atoms with E-state index in [-0.39, 0.29) is 0 Å². The number of benzene rings is 1. The zero-order valence-electron chi connectivity index (χ0n) is 11.6. The lowest BCUT2D eigenvalue weighted by Gasteiger charge is -2.09. The normalized spacial score (nSPS) is 10.5. The lowest BCUT2D eigenvalue weighted by atomic mass is 10.2. The van der Waals surface area contributed by atoms with Crippen LogP contribution in [0.15, 0.2) is 43.2 Å². The predicted octanol–water partition coefficient (Wildman–Crippen LogP) is 1.69. The van der Waals surface area contributed by atoms with Gasteiger partial charge in [0, 0.05) is 11.9 Å². The van der Waals surface area contributed by atoms with Crippen LogP contribution < -0.4 is 10.7 Å². The van der Waals surface area contributed by atoms with Gasteiger partial charge in [-0.3, -0.25) is 0 Å². The minimum atomic E-state index is -0.540. The van der Waals surface area contributed by atoms with Crippen LogP contribution in [0.3, 0.4) is 0 Å². The van der Waals surface area contributed by atoms with Crippen LogP contribution in [0, 0.1) is 12.7 Å². The van der Waals surface area contributed by atoms with E-state index in [0.717, 1.165) is 5.56 Å². The van der Waals surface area contributed by atoms with E-state index < -0.39 is 11.8 Å². The molecule has 3 rings (SSSR count). The summed E-state index contributed by atoms with van der Waals surface area (Å²) in [6.45, 7) is 1.87. The van der Waals surface area contributed by atoms with Gasteiger partial charge in [0.25, 0.3) is 0 Å². The Labute approximate surface area is 124 Å². The fourth-order valence-corrected chi connectivity index (χ4v) is 1.85. The molecule has 0 spiro atoms. The van der Waals surface area contributed by atoms with Gasteiger partial charge in [-0.05, 0) is 30.7 Å². The van der Waals surface area contributed by atoms with E-state index in [9.17, 15) is 9.18 Å². The Hall–Kier alpha value is -3.23. The molecule has 0 unspecified atom stereocenters. The van der Waals surface area contributed by atoms with Gasteiger partial charge in [0.2, 0.25) is 0 Å². The number of anilines is 1. The predicted molar refractivity (Wildman–Crippen MR) is 76.7 cm³/mol. The quantitative estimate of drug-likeness (QED) is 0.770. The Morgan fingerprint density at radius 2 is 2.05 bits per heavy atom. The van der Waals surface area contributed by atoms with Gasteiger partial charge in [-0.2, -0.15) is 5.10 Å². The van der Waals surface area contributed by atoms with Crippen molar-refractivity contribution >= 4 is 11.7 Å². The Bertz CT molecular complexity index is 797. The largest absolute Gasteiger partial charge is 0.338 e. The molecule has 0 radical (unpaired) electrons. The third kappa shape index (κ3) is 2.92. The molecule has 22 heavy (non-hydrogen) atoms. The second-order valence-corrected chi connectivity index (χ2v) is 4.56. The summed E-state index contributed by atoms with van der Waals surface area (Å²) in [7, 11) is 0. The first-order valence-electron chi connectivity index (χ1n) is 6.35. The smallest absolute Gasteiger partial charge is 0.306 e. The molecule has 2 aromatic heterocycles. The van der Waals surface area contributed by atoms with Gasteiger partial charge >= 0.3 is 6.03 Å². The van der Waals surface area contributed by atoms with Crippen molar-refractivity contribution < 1.29 is 9.18 Å². The van der Waals surface area contributed by atoms with Crippen LogP contribution in [0.5, 0.6) is 0 Å². The zero-order valence-corrected chi connectivity index (χ0v) is 11.6. The maximum Gasteiger partial charge on any atom is 0.338 e. The third-order valence-corrected chi connectivity index (χ3v) is 2.81. The fourth-order valence-electron chi connectivity index (χ4n) is 1.85. The number of nitrogens with zero attached hydrogens (tertiary/aromatic N) is 5. The number of carbonyl (C=O) groups excluding carboxylic acids is 1.